The summed E-state index contributed by atoms with van der Waals surface area (Å²) in [4.78, 5) is 4.50. The number of thiazole rings is 1. The van der Waals surface area contributed by atoms with Crippen molar-refractivity contribution in [3.05, 3.63) is 59.6 Å². The number of phenols is 1. The van der Waals surface area contributed by atoms with Crippen molar-refractivity contribution >= 4 is 23.1 Å². The average Bonchev–Trinajstić information content (AvgIpc) is 3.29. The smallest absolute Gasteiger partial charge is 0.203 e. The summed E-state index contributed by atoms with van der Waals surface area (Å²) < 4.78 is 8.10. The predicted octanol–water partition coefficient (Wildman–Crippen LogP) is 4.56. The van der Waals surface area contributed by atoms with Gasteiger partial charge in [0.2, 0.25) is 5.16 Å². The van der Waals surface area contributed by atoms with Gasteiger partial charge in [0.1, 0.15) is 11.5 Å². The second-order valence-corrected chi connectivity index (χ2v) is 7.79. The van der Waals surface area contributed by atoms with Gasteiger partial charge >= 0.3 is 0 Å². The Morgan fingerprint density at radius 1 is 1.11 bits per heavy atom. The van der Waals surface area contributed by atoms with Crippen molar-refractivity contribution in [2.24, 2.45) is 0 Å². The molecule has 0 amide bonds. The van der Waals surface area contributed by atoms with Crippen LogP contribution in [0.3, 0.4) is 0 Å². The Balaban J connectivity index is 1.87. The van der Waals surface area contributed by atoms with Crippen LogP contribution in [0.25, 0.3) is 17.1 Å². The molecule has 0 spiro atoms. The van der Waals surface area contributed by atoms with Crippen LogP contribution < -0.4 is 4.74 Å². The fraction of sp³-hybridized carbons (Fsp3) is 0.105. The zero-order valence-corrected chi connectivity index (χ0v) is 16.3. The van der Waals surface area contributed by atoms with Crippen molar-refractivity contribution in [3.63, 3.8) is 0 Å². The lowest BCUT2D eigenvalue weighted by atomic mass is 10.1. The molecule has 2 aromatic carbocycles. The first-order valence-electron chi connectivity index (χ1n) is 8.14. The molecular formula is C19H16N4O2S2. The molecule has 0 fully saturated rings. The molecule has 2 heterocycles. The van der Waals surface area contributed by atoms with Gasteiger partial charge in [-0.3, -0.25) is 4.57 Å². The molecule has 0 saturated carbocycles. The SMILES string of the molecule is COc1ccc(O)c(-c2nnc(Sc3nc(C)cs3)n2-c2ccccc2)c1. The second kappa shape index (κ2) is 7.42. The number of hydrogen-bond donors (Lipinski definition) is 1. The van der Waals surface area contributed by atoms with Crippen molar-refractivity contribution in [1.29, 1.82) is 0 Å². The Morgan fingerprint density at radius 2 is 1.93 bits per heavy atom. The molecule has 0 saturated heterocycles. The van der Waals surface area contributed by atoms with Crippen LogP contribution in [-0.4, -0.2) is 32.0 Å². The molecule has 0 aliphatic carbocycles. The van der Waals surface area contributed by atoms with E-state index in [1.807, 2.05) is 47.2 Å². The molecule has 0 unspecified atom stereocenters. The van der Waals surface area contributed by atoms with Gasteiger partial charge in [0.05, 0.1) is 12.7 Å². The van der Waals surface area contributed by atoms with Crippen LogP contribution in [0.1, 0.15) is 5.69 Å². The zero-order valence-electron chi connectivity index (χ0n) is 14.7. The maximum atomic E-state index is 10.4. The van der Waals surface area contributed by atoms with Crippen LogP contribution in [0.5, 0.6) is 11.5 Å². The number of benzene rings is 2. The monoisotopic (exact) mass is 396 g/mol. The lowest BCUT2D eigenvalue weighted by molar-refractivity contribution is 0.412. The van der Waals surface area contributed by atoms with E-state index in [1.54, 1.807) is 36.6 Å². The zero-order chi connectivity index (χ0) is 18.8. The van der Waals surface area contributed by atoms with E-state index in [0.29, 0.717) is 22.3 Å². The fourth-order valence-corrected chi connectivity index (χ4v) is 4.39. The summed E-state index contributed by atoms with van der Waals surface area (Å²) in [5.41, 5.74) is 2.42. The first-order chi connectivity index (χ1) is 13.2. The molecule has 0 atom stereocenters. The molecule has 4 aromatic rings. The Labute approximate surface area is 164 Å². The largest absolute Gasteiger partial charge is 0.507 e. The minimum absolute atomic E-state index is 0.113. The van der Waals surface area contributed by atoms with Crippen LogP contribution in [0.4, 0.5) is 0 Å². The summed E-state index contributed by atoms with van der Waals surface area (Å²) in [5, 5.41) is 21.8. The number of aromatic nitrogens is 4. The van der Waals surface area contributed by atoms with E-state index in [1.165, 1.54) is 11.8 Å². The van der Waals surface area contributed by atoms with E-state index in [2.05, 4.69) is 15.2 Å². The molecule has 0 aliphatic heterocycles. The molecule has 0 bridgehead atoms. The van der Waals surface area contributed by atoms with E-state index < -0.39 is 0 Å². The molecular weight excluding hydrogens is 380 g/mol. The fourth-order valence-electron chi connectivity index (χ4n) is 2.60. The highest BCUT2D eigenvalue weighted by Crippen LogP contribution is 2.37. The minimum atomic E-state index is 0.113. The number of aryl methyl sites for hydroxylation is 1. The summed E-state index contributed by atoms with van der Waals surface area (Å²) >= 11 is 3.01. The maximum Gasteiger partial charge on any atom is 0.203 e. The number of hydrogen-bond acceptors (Lipinski definition) is 7. The van der Waals surface area contributed by atoms with Crippen molar-refractivity contribution < 1.29 is 9.84 Å². The summed E-state index contributed by atoms with van der Waals surface area (Å²) in [7, 11) is 1.59. The number of rotatable bonds is 5. The Hall–Kier alpha value is -2.84. The molecule has 0 radical (unpaired) electrons. The van der Waals surface area contributed by atoms with Crippen molar-refractivity contribution in [1.82, 2.24) is 19.7 Å². The quantitative estimate of drug-likeness (QED) is 0.533. The lowest BCUT2D eigenvalue weighted by Gasteiger charge is -2.11. The van der Waals surface area contributed by atoms with Gasteiger partial charge in [-0.15, -0.1) is 21.5 Å². The molecule has 0 aliphatic rings. The van der Waals surface area contributed by atoms with Crippen LogP contribution in [-0.2, 0) is 0 Å². The Kier molecular flexibility index (Phi) is 4.83. The molecule has 8 heteroatoms. The van der Waals surface area contributed by atoms with Gasteiger partial charge < -0.3 is 9.84 Å². The van der Waals surface area contributed by atoms with Crippen molar-refractivity contribution in [2.75, 3.05) is 7.11 Å². The number of aromatic hydroxyl groups is 1. The van der Waals surface area contributed by atoms with Crippen LogP contribution in [0.15, 0.2) is 63.4 Å². The normalized spacial score (nSPS) is 10.9. The highest BCUT2D eigenvalue weighted by molar-refractivity contribution is 8.00. The number of para-hydroxylation sites is 1. The number of nitrogens with zero attached hydrogens (tertiary/aromatic N) is 4. The topological polar surface area (TPSA) is 73.1 Å². The third kappa shape index (κ3) is 3.54. The van der Waals surface area contributed by atoms with Gasteiger partial charge in [0, 0.05) is 16.8 Å². The first kappa shape index (κ1) is 17.6. The Bertz CT molecular complexity index is 1080. The Morgan fingerprint density at radius 3 is 2.63 bits per heavy atom. The summed E-state index contributed by atoms with van der Waals surface area (Å²) in [6.45, 7) is 1.96. The predicted molar refractivity (Wildman–Crippen MR) is 106 cm³/mol. The lowest BCUT2D eigenvalue weighted by Crippen LogP contribution is -1.99. The highest BCUT2D eigenvalue weighted by Gasteiger charge is 2.20. The summed E-state index contributed by atoms with van der Waals surface area (Å²) in [6.07, 6.45) is 0. The van der Waals surface area contributed by atoms with Gasteiger partial charge in [-0.1, -0.05) is 18.2 Å². The maximum absolute atomic E-state index is 10.4. The molecule has 2 aromatic heterocycles. The summed E-state index contributed by atoms with van der Waals surface area (Å²) in [5.74, 6) is 1.28. The summed E-state index contributed by atoms with van der Waals surface area (Å²) in [6, 6.07) is 14.8. The van der Waals surface area contributed by atoms with Crippen LogP contribution in [0, 0.1) is 6.92 Å². The number of phenolic OH excluding ortho intramolecular Hbond substituents is 1. The molecule has 136 valence electrons. The van der Waals surface area contributed by atoms with E-state index >= 15 is 0 Å². The van der Waals surface area contributed by atoms with Gasteiger partial charge in [0.25, 0.3) is 0 Å². The van der Waals surface area contributed by atoms with Gasteiger partial charge in [-0.2, -0.15) is 0 Å². The van der Waals surface area contributed by atoms with Gasteiger partial charge in [-0.05, 0) is 49.0 Å². The standard InChI is InChI=1S/C19H16N4O2S2/c1-12-11-26-19(20-12)27-18-22-21-17(23(18)13-6-4-3-5-7-13)15-10-14(25-2)8-9-16(15)24/h3-11,24H,1-2H3. The second-order valence-electron chi connectivity index (χ2n) is 5.72. The van der Waals surface area contributed by atoms with Gasteiger partial charge in [-0.25, -0.2) is 4.98 Å². The number of ether oxygens (including phenoxy) is 1. The van der Waals surface area contributed by atoms with Gasteiger partial charge in [0.15, 0.2) is 10.2 Å². The van der Waals surface area contributed by atoms with Crippen molar-refractivity contribution in [2.45, 2.75) is 16.4 Å². The molecule has 6 nitrogen and oxygen atoms in total. The average molecular weight is 396 g/mol. The first-order valence-corrected chi connectivity index (χ1v) is 9.83. The molecule has 1 N–H and O–H groups in total. The van der Waals surface area contributed by atoms with Crippen molar-refractivity contribution in [3.8, 4) is 28.6 Å². The molecule has 4 rings (SSSR count). The third-order valence-corrected chi connectivity index (χ3v) is 5.87. The third-order valence-electron chi connectivity index (χ3n) is 3.87. The minimum Gasteiger partial charge on any atom is -0.507 e. The van der Waals surface area contributed by atoms with E-state index in [9.17, 15) is 5.11 Å². The van der Waals surface area contributed by atoms with E-state index in [-0.39, 0.29) is 5.75 Å². The molecule has 27 heavy (non-hydrogen) atoms. The van der Waals surface area contributed by atoms with Crippen LogP contribution in [0.2, 0.25) is 0 Å². The highest BCUT2D eigenvalue weighted by atomic mass is 32.2. The van der Waals surface area contributed by atoms with E-state index in [0.717, 1.165) is 15.7 Å². The van der Waals surface area contributed by atoms with Crippen LogP contribution >= 0.6 is 23.1 Å². The number of methoxy groups -OCH3 is 1. The van der Waals surface area contributed by atoms with E-state index in [4.69, 9.17) is 4.74 Å².